The summed E-state index contributed by atoms with van der Waals surface area (Å²) >= 11 is 5.92. The summed E-state index contributed by atoms with van der Waals surface area (Å²) in [5.74, 6) is -0.622. The lowest BCUT2D eigenvalue weighted by Gasteiger charge is -2.36. The van der Waals surface area contributed by atoms with Gasteiger partial charge in [-0.25, -0.2) is 0 Å². The first-order valence-corrected chi connectivity index (χ1v) is 7.95. The van der Waals surface area contributed by atoms with Gasteiger partial charge in [-0.05, 0) is 25.0 Å². The summed E-state index contributed by atoms with van der Waals surface area (Å²) < 4.78 is 5.09. The van der Waals surface area contributed by atoms with Gasteiger partial charge in [0.15, 0.2) is 0 Å². The van der Waals surface area contributed by atoms with E-state index in [2.05, 4.69) is 15.5 Å². The van der Waals surface area contributed by atoms with Crippen molar-refractivity contribution in [3.8, 4) is 11.4 Å². The minimum Gasteiger partial charge on any atom is -0.481 e. The zero-order valence-corrected chi connectivity index (χ0v) is 13.5. The number of benzene rings is 1. The molecule has 0 spiro atoms. The first kappa shape index (κ1) is 16.4. The van der Waals surface area contributed by atoms with E-state index < -0.39 is 11.4 Å². The molecular weight excluding hydrogens is 334 g/mol. The molecule has 1 fully saturated rings. The molecule has 1 aliphatic carbocycles. The molecule has 8 heteroatoms. The Kier molecular flexibility index (Phi) is 4.53. The molecule has 24 heavy (non-hydrogen) atoms. The molecule has 7 nitrogen and oxygen atoms in total. The van der Waals surface area contributed by atoms with Crippen molar-refractivity contribution in [2.75, 3.05) is 0 Å². The Labute approximate surface area is 143 Å². The molecule has 2 N–H and O–H groups in total. The molecule has 126 valence electrons. The van der Waals surface area contributed by atoms with Gasteiger partial charge in [0.25, 0.3) is 0 Å². The van der Waals surface area contributed by atoms with Crippen molar-refractivity contribution in [3.05, 3.63) is 35.2 Å². The third-order valence-corrected chi connectivity index (χ3v) is 4.49. The molecule has 0 aliphatic heterocycles. The first-order valence-electron chi connectivity index (χ1n) is 7.57. The van der Waals surface area contributed by atoms with Gasteiger partial charge < -0.3 is 14.9 Å². The highest BCUT2D eigenvalue weighted by molar-refractivity contribution is 6.30. The third kappa shape index (κ3) is 3.41. The fourth-order valence-corrected chi connectivity index (χ4v) is 2.88. The predicted molar refractivity (Wildman–Crippen MR) is 85.1 cm³/mol. The van der Waals surface area contributed by atoms with Crippen LogP contribution in [0.3, 0.4) is 0 Å². The second-order valence-corrected chi connectivity index (χ2v) is 6.35. The van der Waals surface area contributed by atoms with Crippen LogP contribution in [-0.2, 0) is 16.1 Å². The molecule has 1 aliphatic rings. The van der Waals surface area contributed by atoms with E-state index in [0.717, 1.165) is 6.42 Å². The van der Waals surface area contributed by atoms with Crippen molar-refractivity contribution < 1.29 is 19.2 Å². The van der Waals surface area contributed by atoms with Gasteiger partial charge in [0.05, 0.1) is 12.0 Å². The molecule has 3 rings (SSSR count). The molecule has 2 aromatic rings. The van der Waals surface area contributed by atoms with Crippen molar-refractivity contribution in [2.45, 2.75) is 32.2 Å². The van der Waals surface area contributed by atoms with E-state index in [-0.39, 0.29) is 24.8 Å². The number of nitrogens with zero attached hydrogens (tertiary/aromatic N) is 2. The van der Waals surface area contributed by atoms with Gasteiger partial charge in [0.1, 0.15) is 0 Å². The van der Waals surface area contributed by atoms with Gasteiger partial charge in [-0.3, -0.25) is 9.59 Å². The normalized spacial score (nSPS) is 15.5. The number of hydrogen-bond donors (Lipinski definition) is 2. The molecule has 0 atom stereocenters. The Morgan fingerprint density at radius 1 is 1.38 bits per heavy atom. The quantitative estimate of drug-likeness (QED) is 0.830. The predicted octanol–water partition coefficient (Wildman–Crippen LogP) is 2.65. The van der Waals surface area contributed by atoms with E-state index in [1.54, 1.807) is 24.3 Å². The second kappa shape index (κ2) is 6.60. The number of aromatic nitrogens is 2. The SMILES string of the molecule is O=C(CC1(C(=O)O)CCC1)NCc1nc(-c2cccc(Cl)c2)no1. The number of amides is 1. The first-order chi connectivity index (χ1) is 11.5. The zero-order chi connectivity index (χ0) is 17.2. The number of carboxylic acid groups (broad SMARTS) is 1. The van der Waals surface area contributed by atoms with Crippen LogP contribution in [0.15, 0.2) is 28.8 Å². The lowest BCUT2D eigenvalue weighted by Crippen LogP contribution is -2.42. The summed E-state index contributed by atoms with van der Waals surface area (Å²) in [7, 11) is 0. The van der Waals surface area contributed by atoms with Gasteiger partial charge in [-0.2, -0.15) is 4.98 Å². The van der Waals surface area contributed by atoms with E-state index in [4.69, 9.17) is 16.1 Å². The van der Waals surface area contributed by atoms with Crippen LogP contribution >= 0.6 is 11.6 Å². The Morgan fingerprint density at radius 3 is 2.79 bits per heavy atom. The van der Waals surface area contributed by atoms with Gasteiger partial charge >= 0.3 is 5.97 Å². The van der Waals surface area contributed by atoms with Crippen LogP contribution in [0.25, 0.3) is 11.4 Å². The number of carboxylic acids is 1. The van der Waals surface area contributed by atoms with Crippen LogP contribution in [0.1, 0.15) is 31.6 Å². The summed E-state index contributed by atoms with van der Waals surface area (Å²) in [6.07, 6.45) is 1.88. The lowest BCUT2D eigenvalue weighted by atomic mass is 9.66. The Balaban J connectivity index is 1.57. The molecular formula is C16H16ClN3O4. The molecule has 1 aromatic carbocycles. The summed E-state index contributed by atoms with van der Waals surface area (Å²) in [4.78, 5) is 27.4. The molecule has 1 heterocycles. The van der Waals surface area contributed by atoms with Gasteiger partial charge in [0, 0.05) is 17.0 Å². The zero-order valence-electron chi connectivity index (χ0n) is 12.8. The Hall–Kier alpha value is -2.41. The number of hydrogen-bond acceptors (Lipinski definition) is 5. The summed E-state index contributed by atoms with van der Waals surface area (Å²) in [5.41, 5.74) is -0.201. The van der Waals surface area contributed by atoms with E-state index >= 15 is 0 Å². The van der Waals surface area contributed by atoms with Crippen molar-refractivity contribution in [2.24, 2.45) is 5.41 Å². The maximum Gasteiger partial charge on any atom is 0.310 e. The van der Waals surface area contributed by atoms with Crippen LogP contribution in [0.2, 0.25) is 5.02 Å². The van der Waals surface area contributed by atoms with Gasteiger partial charge in [-0.1, -0.05) is 35.3 Å². The van der Waals surface area contributed by atoms with Gasteiger partial charge in [0.2, 0.25) is 17.6 Å². The average Bonchev–Trinajstić information content (AvgIpc) is 2.97. The molecule has 1 aromatic heterocycles. The topological polar surface area (TPSA) is 105 Å². The summed E-state index contributed by atoms with van der Waals surface area (Å²) in [6.45, 7) is 0.0576. The maximum atomic E-state index is 12.0. The standard InChI is InChI=1S/C16H16ClN3O4/c17-11-4-1-3-10(7-11)14-19-13(24-20-14)9-18-12(21)8-16(15(22)23)5-2-6-16/h1,3-4,7H,2,5-6,8-9H2,(H,18,21)(H,22,23). The van der Waals surface area contributed by atoms with E-state index in [1.165, 1.54) is 0 Å². The number of nitrogens with one attached hydrogen (secondary N) is 1. The Morgan fingerprint density at radius 2 is 2.17 bits per heavy atom. The largest absolute Gasteiger partial charge is 0.481 e. The van der Waals surface area contributed by atoms with Crippen molar-refractivity contribution in [1.29, 1.82) is 0 Å². The number of aliphatic carboxylic acids is 1. The molecule has 1 saturated carbocycles. The van der Waals surface area contributed by atoms with Crippen LogP contribution in [0.5, 0.6) is 0 Å². The third-order valence-electron chi connectivity index (χ3n) is 4.25. The van der Waals surface area contributed by atoms with E-state index in [9.17, 15) is 14.7 Å². The monoisotopic (exact) mass is 349 g/mol. The fourth-order valence-electron chi connectivity index (χ4n) is 2.69. The number of halogens is 1. The molecule has 0 unspecified atom stereocenters. The average molecular weight is 350 g/mol. The lowest BCUT2D eigenvalue weighted by molar-refractivity contribution is -0.157. The Bertz CT molecular complexity index is 770. The van der Waals surface area contributed by atoms with Crippen molar-refractivity contribution in [1.82, 2.24) is 15.5 Å². The molecule has 0 bridgehead atoms. The van der Waals surface area contributed by atoms with E-state index in [0.29, 0.717) is 29.3 Å². The minimum absolute atomic E-state index is 0.0301. The number of rotatable bonds is 6. The van der Waals surface area contributed by atoms with Crippen LogP contribution in [-0.4, -0.2) is 27.1 Å². The highest BCUT2D eigenvalue weighted by Crippen LogP contribution is 2.44. The fraction of sp³-hybridized carbons (Fsp3) is 0.375. The summed E-state index contributed by atoms with van der Waals surface area (Å²) in [6, 6.07) is 7.03. The summed E-state index contributed by atoms with van der Waals surface area (Å²) in [5, 5.41) is 16.3. The van der Waals surface area contributed by atoms with Crippen LogP contribution in [0, 0.1) is 5.41 Å². The maximum absolute atomic E-state index is 12.0. The smallest absolute Gasteiger partial charge is 0.310 e. The molecule has 0 radical (unpaired) electrons. The molecule has 1 amide bonds. The van der Waals surface area contributed by atoms with Crippen LogP contribution < -0.4 is 5.32 Å². The second-order valence-electron chi connectivity index (χ2n) is 5.91. The van der Waals surface area contributed by atoms with E-state index in [1.807, 2.05) is 0 Å². The number of carbonyl (C=O) groups is 2. The highest BCUT2D eigenvalue weighted by atomic mass is 35.5. The highest BCUT2D eigenvalue weighted by Gasteiger charge is 2.45. The van der Waals surface area contributed by atoms with Crippen molar-refractivity contribution in [3.63, 3.8) is 0 Å². The number of carbonyl (C=O) groups excluding carboxylic acids is 1. The van der Waals surface area contributed by atoms with Crippen LogP contribution in [0.4, 0.5) is 0 Å². The van der Waals surface area contributed by atoms with Gasteiger partial charge in [-0.15, -0.1) is 0 Å². The molecule has 0 saturated heterocycles. The van der Waals surface area contributed by atoms with Crippen molar-refractivity contribution >= 4 is 23.5 Å². The minimum atomic E-state index is -0.912.